The van der Waals surface area contributed by atoms with Gasteiger partial charge in [0, 0.05) is 25.2 Å². The Bertz CT molecular complexity index is 901. The van der Waals surface area contributed by atoms with E-state index in [1.165, 1.54) is 0 Å². The zero-order valence-corrected chi connectivity index (χ0v) is 13.8. The van der Waals surface area contributed by atoms with Crippen molar-refractivity contribution in [1.82, 2.24) is 25.5 Å². The van der Waals surface area contributed by atoms with E-state index >= 15 is 0 Å². The van der Waals surface area contributed by atoms with Crippen molar-refractivity contribution in [3.8, 4) is 0 Å². The summed E-state index contributed by atoms with van der Waals surface area (Å²) in [6, 6.07) is 11.5. The molecule has 2 aromatic heterocycles. The monoisotopic (exact) mass is 337 g/mol. The van der Waals surface area contributed by atoms with Gasteiger partial charge in [-0.05, 0) is 35.7 Å². The molecule has 7 heteroatoms. The first-order chi connectivity index (χ1) is 12.1. The van der Waals surface area contributed by atoms with Crippen molar-refractivity contribution in [2.75, 3.05) is 0 Å². The molecule has 25 heavy (non-hydrogen) atoms. The number of rotatable bonds is 6. The molecule has 3 rings (SSSR count). The number of aromatic nitrogens is 4. The van der Waals surface area contributed by atoms with Gasteiger partial charge in [0.05, 0.1) is 6.04 Å². The van der Waals surface area contributed by atoms with E-state index < -0.39 is 0 Å². The molecule has 0 fully saturated rings. The number of aryl methyl sites for hydroxylation is 2. The molecule has 0 bridgehead atoms. The number of hydrogen-bond acceptors (Lipinski definition) is 4. The maximum atomic E-state index is 12.4. The molecule has 7 nitrogen and oxygen atoms in total. The molecule has 0 saturated heterocycles. The number of pyridine rings is 1. The Morgan fingerprint density at radius 3 is 2.64 bits per heavy atom. The summed E-state index contributed by atoms with van der Waals surface area (Å²) >= 11 is 0. The summed E-state index contributed by atoms with van der Waals surface area (Å²) in [5.41, 5.74) is 2.73. The number of hydrogen-bond donors (Lipinski definition) is 3. The van der Waals surface area contributed by atoms with E-state index in [1.807, 2.05) is 43.3 Å². The number of H-pyrrole nitrogens is 2. The molecule has 3 N–H and O–H groups in total. The molecule has 128 valence electrons. The predicted octanol–water partition coefficient (Wildman–Crippen LogP) is 1.64. The topological polar surface area (TPSA) is 104 Å². The van der Waals surface area contributed by atoms with Gasteiger partial charge in [-0.15, -0.1) is 0 Å². The van der Waals surface area contributed by atoms with E-state index in [0.717, 1.165) is 16.7 Å². The molecule has 2 heterocycles. The molecule has 0 aliphatic carbocycles. The van der Waals surface area contributed by atoms with Gasteiger partial charge < -0.3 is 5.32 Å². The van der Waals surface area contributed by atoms with Crippen LogP contribution in [0.4, 0.5) is 0 Å². The van der Waals surface area contributed by atoms with E-state index in [2.05, 4.69) is 25.5 Å². The van der Waals surface area contributed by atoms with Crippen LogP contribution < -0.4 is 11.0 Å². The van der Waals surface area contributed by atoms with Crippen molar-refractivity contribution in [3.05, 3.63) is 81.8 Å². The summed E-state index contributed by atoms with van der Waals surface area (Å²) in [4.78, 5) is 30.1. The van der Waals surface area contributed by atoms with Crippen LogP contribution in [-0.2, 0) is 11.2 Å². The van der Waals surface area contributed by atoms with Crippen LogP contribution in [0.5, 0.6) is 0 Å². The minimum absolute atomic E-state index is 0.117. The van der Waals surface area contributed by atoms with Gasteiger partial charge in [0.15, 0.2) is 0 Å². The minimum Gasteiger partial charge on any atom is -0.345 e. The minimum atomic E-state index is -0.370. The van der Waals surface area contributed by atoms with Gasteiger partial charge in [-0.25, -0.2) is 9.89 Å². The SMILES string of the molecule is Cc1ccccc1C(NC(=O)CCc1n[nH]c(=O)[nH]1)c1ccncc1. The van der Waals surface area contributed by atoms with Crippen molar-refractivity contribution in [1.29, 1.82) is 0 Å². The summed E-state index contributed by atoms with van der Waals surface area (Å²) in [5, 5.41) is 9.18. The third kappa shape index (κ3) is 4.20. The van der Waals surface area contributed by atoms with Crippen LogP contribution in [0.2, 0.25) is 0 Å². The summed E-state index contributed by atoms with van der Waals surface area (Å²) < 4.78 is 0. The molecule has 0 spiro atoms. The highest BCUT2D eigenvalue weighted by Gasteiger charge is 2.18. The average molecular weight is 337 g/mol. The van der Waals surface area contributed by atoms with E-state index in [9.17, 15) is 9.59 Å². The second kappa shape index (κ2) is 7.57. The molecular formula is C18H19N5O2. The standard InChI is InChI=1S/C18H19N5O2/c1-12-4-2-3-5-14(12)17(13-8-10-19-11-9-13)21-16(24)7-6-15-20-18(25)23-22-15/h2-5,8-11,17H,6-7H2,1H3,(H,21,24)(H2,20,22,23,25). The Labute approximate surface area is 144 Å². The van der Waals surface area contributed by atoms with Gasteiger partial charge in [-0.1, -0.05) is 24.3 Å². The third-order valence-electron chi connectivity index (χ3n) is 3.98. The predicted molar refractivity (Wildman–Crippen MR) is 92.9 cm³/mol. The van der Waals surface area contributed by atoms with Gasteiger partial charge in [-0.2, -0.15) is 5.10 Å². The fourth-order valence-electron chi connectivity index (χ4n) is 2.70. The van der Waals surface area contributed by atoms with Crippen molar-refractivity contribution in [2.45, 2.75) is 25.8 Å². The number of aromatic amines is 2. The maximum Gasteiger partial charge on any atom is 0.340 e. The zero-order chi connectivity index (χ0) is 17.6. The lowest BCUT2D eigenvalue weighted by atomic mass is 9.95. The zero-order valence-electron chi connectivity index (χ0n) is 13.8. The van der Waals surface area contributed by atoms with Crippen LogP contribution in [0.25, 0.3) is 0 Å². The summed E-state index contributed by atoms with van der Waals surface area (Å²) in [6.45, 7) is 2.02. The molecule has 0 radical (unpaired) electrons. The Morgan fingerprint density at radius 2 is 1.96 bits per heavy atom. The lowest BCUT2D eigenvalue weighted by Gasteiger charge is -2.21. The Morgan fingerprint density at radius 1 is 1.20 bits per heavy atom. The highest BCUT2D eigenvalue weighted by Crippen LogP contribution is 2.24. The Balaban J connectivity index is 1.77. The summed E-state index contributed by atoms with van der Waals surface area (Å²) in [7, 11) is 0. The maximum absolute atomic E-state index is 12.4. The fraction of sp³-hybridized carbons (Fsp3) is 0.222. The number of benzene rings is 1. The first kappa shape index (κ1) is 16.6. The first-order valence-corrected chi connectivity index (χ1v) is 8.02. The van der Waals surface area contributed by atoms with Gasteiger partial charge in [-0.3, -0.25) is 14.8 Å². The molecular weight excluding hydrogens is 318 g/mol. The number of nitrogens with zero attached hydrogens (tertiary/aromatic N) is 2. The number of amides is 1. The Hall–Kier alpha value is -3.22. The van der Waals surface area contributed by atoms with Crippen LogP contribution in [0.3, 0.4) is 0 Å². The van der Waals surface area contributed by atoms with Crippen LogP contribution in [0.15, 0.2) is 53.6 Å². The number of carbonyl (C=O) groups is 1. The molecule has 1 aromatic carbocycles. The number of nitrogens with one attached hydrogen (secondary N) is 3. The van der Waals surface area contributed by atoms with Crippen LogP contribution in [0, 0.1) is 6.92 Å². The van der Waals surface area contributed by atoms with Crippen molar-refractivity contribution in [2.24, 2.45) is 0 Å². The molecule has 0 aliphatic heterocycles. The van der Waals surface area contributed by atoms with Gasteiger partial charge >= 0.3 is 5.69 Å². The van der Waals surface area contributed by atoms with Gasteiger partial charge in [0.2, 0.25) is 5.91 Å². The average Bonchev–Trinajstić information content (AvgIpc) is 3.05. The van der Waals surface area contributed by atoms with Crippen molar-refractivity contribution < 1.29 is 4.79 Å². The van der Waals surface area contributed by atoms with Crippen LogP contribution in [0.1, 0.15) is 35.0 Å². The van der Waals surface area contributed by atoms with Gasteiger partial charge in [0.1, 0.15) is 5.82 Å². The first-order valence-electron chi connectivity index (χ1n) is 8.02. The van der Waals surface area contributed by atoms with Crippen LogP contribution >= 0.6 is 0 Å². The third-order valence-corrected chi connectivity index (χ3v) is 3.98. The van der Waals surface area contributed by atoms with Crippen molar-refractivity contribution >= 4 is 5.91 Å². The van der Waals surface area contributed by atoms with E-state index in [0.29, 0.717) is 12.2 Å². The van der Waals surface area contributed by atoms with Gasteiger partial charge in [0.25, 0.3) is 0 Å². The Kier molecular flexibility index (Phi) is 5.03. The number of carbonyl (C=O) groups excluding carboxylic acids is 1. The quantitative estimate of drug-likeness (QED) is 0.636. The highest BCUT2D eigenvalue weighted by atomic mass is 16.2. The molecule has 3 aromatic rings. The fourth-order valence-corrected chi connectivity index (χ4v) is 2.70. The molecule has 1 unspecified atom stereocenters. The van der Waals surface area contributed by atoms with E-state index in [1.54, 1.807) is 12.4 Å². The second-order valence-corrected chi connectivity index (χ2v) is 5.76. The van der Waals surface area contributed by atoms with Crippen molar-refractivity contribution in [3.63, 3.8) is 0 Å². The second-order valence-electron chi connectivity index (χ2n) is 5.76. The molecule has 1 amide bonds. The van der Waals surface area contributed by atoms with E-state index in [4.69, 9.17) is 0 Å². The molecule has 0 aliphatic rings. The molecule has 0 saturated carbocycles. The lowest BCUT2D eigenvalue weighted by molar-refractivity contribution is -0.121. The smallest absolute Gasteiger partial charge is 0.340 e. The lowest BCUT2D eigenvalue weighted by Crippen LogP contribution is -2.30. The van der Waals surface area contributed by atoms with E-state index in [-0.39, 0.29) is 24.1 Å². The van der Waals surface area contributed by atoms with Crippen LogP contribution in [-0.4, -0.2) is 26.1 Å². The summed E-state index contributed by atoms with van der Waals surface area (Å²) in [5.74, 6) is 0.352. The normalized spacial score (nSPS) is 11.9. The highest BCUT2D eigenvalue weighted by molar-refractivity contribution is 5.77. The molecule has 1 atom stereocenters. The summed E-state index contributed by atoms with van der Waals surface area (Å²) in [6.07, 6.45) is 4.01. The largest absolute Gasteiger partial charge is 0.345 e.